The van der Waals surface area contributed by atoms with Crippen LogP contribution in [0.15, 0.2) is 41.4 Å². The zero-order chi connectivity index (χ0) is 20.8. The summed E-state index contributed by atoms with van der Waals surface area (Å²) < 4.78 is 10.6. The van der Waals surface area contributed by atoms with Crippen molar-refractivity contribution in [2.75, 3.05) is 47.4 Å². The van der Waals surface area contributed by atoms with Crippen LogP contribution in [0.1, 0.15) is 15.2 Å². The van der Waals surface area contributed by atoms with E-state index in [0.29, 0.717) is 29.5 Å². The highest BCUT2D eigenvalue weighted by Crippen LogP contribution is 2.28. The van der Waals surface area contributed by atoms with Gasteiger partial charge in [0, 0.05) is 26.2 Å². The van der Waals surface area contributed by atoms with Gasteiger partial charge in [-0.1, -0.05) is 12.1 Å². The zero-order valence-electron chi connectivity index (χ0n) is 16.8. The highest BCUT2D eigenvalue weighted by atomic mass is 32.1. The van der Waals surface area contributed by atoms with Crippen LogP contribution in [0.2, 0.25) is 0 Å². The van der Waals surface area contributed by atoms with Gasteiger partial charge in [-0.3, -0.25) is 9.59 Å². The lowest BCUT2D eigenvalue weighted by atomic mass is 10.1. The second-order valence-electron chi connectivity index (χ2n) is 6.70. The van der Waals surface area contributed by atoms with Gasteiger partial charge in [-0.15, -0.1) is 11.3 Å². The van der Waals surface area contributed by atoms with Gasteiger partial charge < -0.3 is 24.6 Å². The lowest BCUT2D eigenvalue weighted by molar-refractivity contribution is -0.128. The number of methoxy groups -OCH3 is 2. The Hall–Kier alpha value is -2.84. The summed E-state index contributed by atoms with van der Waals surface area (Å²) in [4.78, 5) is 30.3. The molecule has 154 valence electrons. The minimum atomic E-state index is -0.297. The Morgan fingerprint density at radius 2 is 1.79 bits per heavy atom. The van der Waals surface area contributed by atoms with Gasteiger partial charge in [-0.25, -0.2) is 0 Å². The number of rotatable bonds is 6. The van der Waals surface area contributed by atoms with Crippen molar-refractivity contribution in [2.45, 2.75) is 0 Å². The Morgan fingerprint density at radius 3 is 2.41 bits per heavy atom. The van der Waals surface area contributed by atoms with E-state index in [-0.39, 0.29) is 17.5 Å². The van der Waals surface area contributed by atoms with Crippen LogP contribution in [0.25, 0.3) is 6.08 Å². The van der Waals surface area contributed by atoms with Crippen molar-refractivity contribution in [2.24, 2.45) is 0 Å². The van der Waals surface area contributed by atoms with Gasteiger partial charge in [0.1, 0.15) is 5.70 Å². The molecule has 2 amide bonds. The molecule has 0 unspecified atom stereocenters. The van der Waals surface area contributed by atoms with E-state index in [1.165, 1.54) is 11.3 Å². The fraction of sp³-hybridized carbons (Fsp3) is 0.333. The molecular weight excluding hydrogens is 390 g/mol. The molecule has 1 saturated heterocycles. The molecule has 0 aliphatic carbocycles. The van der Waals surface area contributed by atoms with Crippen LogP contribution in [0.4, 0.5) is 0 Å². The number of piperazine rings is 1. The van der Waals surface area contributed by atoms with Crippen molar-refractivity contribution in [1.29, 1.82) is 0 Å². The van der Waals surface area contributed by atoms with E-state index >= 15 is 0 Å². The molecule has 1 aromatic heterocycles. The number of nitrogens with one attached hydrogen (secondary N) is 1. The van der Waals surface area contributed by atoms with Gasteiger partial charge in [0.05, 0.1) is 19.1 Å². The summed E-state index contributed by atoms with van der Waals surface area (Å²) in [5, 5.41) is 4.63. The summed E-state index contributed by atoms with van der Waals surface area (Å²) in [5.41, 5.74) is 0.965. The predicted octanol–water partition coefficient (Wildman–Crippen LogP) is 2.31. The Balaban J connectivity index is 1.90. The highest BCUT2D eigenvalue weighted by molar-refractivity contribution is 7.12. The number of carbonyl (C=O) groups excluding carboxylic acids is 2. The van der Waals surface area contributed by atoms with Crippen LogP contribution in [0.5, 0.6) is 11.5 Å². The molecule has 0 spiro atoms. The molecule has 1 aliphatic heterocycles. The van der Waals surface area contributed by atoms with Gasteiger partial charge in [0.2, 0.25) is 0 Å². The molecule has 0 radical (unpaired) electrons. The van der Waals surface area contributed by atoms with E-state index in [2.05, 4.69) is 10.2 Å². The summed E-state index contributed by atoms with van der Waals surface area (Å²) in [6.45, 7) is 2.84. The summed E-state index contributed by atoms with van der Waals surface area (Å²) >= 11 is 1.33. The van der Waals surface area contributed by atoms with Gasteiger partial charge in [0.25, 0.3) is 11.8 Å². The van der Waals surface area contributed by atoms with Crippen LogP contribution in [0.3, 0.4) is 0 Å². The quantitative estimate of drug-likeness (QED) is 0.733. The first-order valence-electron chi connectivity index (χ1n) is 9.28. The third-order valence-corrected chi connectivity index (χ3v) is 5.60. The number of ether oxygens (including phenoxy) is 2. The topological polar surface area (TPSA) is 71.1 Å². The first kappa shape index (κ1) is 20.9. The van der Waals surface area contributed by atoms with Crippen molar-refractivity contribution in [1.82, 2.24) is 15.1 Å². The number of likely N-dealkylation sites (N-methyl/N-ethyl adjacent to an activating group) is 1. The standard InChI is InChI=1S/C21H25N3O4S/c1-23-8-10-24(11-9-23)21(26)16(22-20(25)19-5-4-12-29-19)13-15-6-7-17(27-2)18(14-15)28-3/h4-7,12-14H,8-11H2,1-3H3,(H,22,25)/b16-13+. The summed E-state index contributed by atoms with van der Waals surface area (Å²) in [6, 6.07) is 8.89. The van der Waals surface area contributed by atoms with Crippen molar-refractivity contribution in [3.05, 3.63) is 51.8 Å². The van der Waals surface area contributed by atoms with Crippen LogP contribution < -0.4 is 14.8 Å². The van der Waals surface area contributed by atoms with Gasteiger partial charge in [0.15, 0.2) is 11.5 Å². The number of amides is 2. The Bertz CT molecular complexity index is 887. The smallest absolute Gasteiger partial charge is 0.270 e. The zero-order valence-corrected chi connectivity index (χ0v) is 17.6. The monoisotopic (exact) mass is 415 g/mol. The molecule has 1 N–H and O–H groups in total. The minimum Gasteiger partial charge on any atom is -0.493 e. The maximum Gasteiger partial charge on any atom is 0.270 e. The second-order valence-corrected chi connectivity index (χ2v) is 7.65. The molecule has 29 heavy (non-hydrogen) atoms. The van der Waals surface area contributed by atoms with Crippen molar-refractivity contribution < 1.29 is 19.1 Å². The average Bonchev–Trinajstić information content (AvgIpc) is 3.28. The number of thiophene rings is 1. The van der Waals surface area contributed by atoms with Crippen LogP contribution >= 0.6 is 11.3 Å². The van der Waals surface area contributed by atoms with Crippen LogP contribution in [-0.4, -0.2) is 69.1 Å². The summed E-state index contributed by atoms with van der Waals surface area (Å²) in [7, 11) is 5.15. The molecule has 2 heterocycles. The van der Waals surface area contributed by atoms with Crippen LogP contribution in [0, 0.1) is 0 Å². The predicted molar refractivity (Wildman–Crippen MR) is 113 cm³/mol. The normalized spacial score (nSPS) is 15.1. The number of carbonyl (C=O) groups is 2. The highest BCUT2D eigenvalue weighted by Gasteiger charge is 2.24. The van der Waals surface area contributed by atoms with E-state index in [4.69, 9.17) is 9.47 Å². The van der Waals surface area contributed by atoms with E-state index in [9.17, 15) is 9.59 Å². The lowest BCUT2D eigenvalue weighted by Crippen LogP contribution is -2.49. The molecule has 8 heteroatoms. The molecule has 2 aromatic rings. The minimum absolute atomic E-state index is 0.196. The Labute approximate surface area is 174 Å². The molecule has 1 aliphatic rings. The Morgan fingerprint density at radius 1 is 1.07 bits per heavy atom. The van der Waals surface area contributed by atoms with E-state index < -0.39 is 0 Å². The summed E-state index contributed by atoms with van der Waals surface area (Å²) in [6.07, 6.45) is 1.67. The first-order valence-corrected chi connectivity index (χ1v) is 10.2. The number of hydrogen-bond donors (Lipinski definition) is 1. The first-order chi connectivity index (χ1) is 14.0. The molecule has 0 atom stereocenters. The van der Waals surface area contributed by atoms with E-state index in [1.54, 1.807) is 49.5 Å². The van der Waals surface area contributed by atoms with Crippen molar-refractivity contribution in [3.63, 3.8) is 0 Å². The second kappa shape index (κ2) is 9.58. The van der Waals surface area contributed by atoms with Gasteiger partial charge in [-0.05, 0) is 42.3 Å². The van der Waals surface area contributed by atoms with E-state index in [0.717, 1.165) is 18.7 Å². The third kappa shape index (κ3) is 5.16. The largest absolute Gasteiger partial charge is 0.493 e. The number of hydrogen-bond acceptors (Lipinski definition) is 6. The molecule has 7 nitrogen and oxygen atoms in total. The molecule has 0 saturated carbocycles. The molecule has 0 bridgehead atoms. The Kier molecular flexibility index (Phi) is 6.90. The summed E-state index contributed by atoms with van der Waals surface area (Å²) in [5.74, 6) is 0.656. The third-order valence-electron chi connectivity index (χ3n) is 4.73. The molecule has 3 rings (SSSR count). The van der Waals surface area contributed by atoms with E-state index in [1.807, 2.05) is 18.5 Å². The SMILES string of the molecule is COc1ccc(/C=C(/NC(=O)c2cccs2)C(=O)N2CCN(C)CC2)cc1OC. The van der Waals surface area contributed by atoms with Crippen LogP contribution in [-0.2, 0) is 4.79 Å². The number of benzene rings is 1. The molecular formula is C21H25N3O4S. The molecule has 1 aromatic carbocycles. The van der Waals surface area contributed by atoms with Gasteiger partial charge >= 0.3 is 0 Å². The molecule has 1 fully saturated rings. The van der Waals surface area contributed by atoms with Gasteiger partial charge in [-0.2, -0.15) is 0 Å². The average molecular weight is 416 g/mol. The maximum absolute atomic E-state index is 13.2. The van der Waals surface area contributed by atoms with Crippen molar-refractivity contribution >= 4 is 29.2 Å². The maximum atomic E-state index is 13.2. The fourth-order valence-corrected chi connectivity index (χ4v) is 3.65. The fourth-order valence-electron chi connectivity index (χ4n) is 3.03. The lowest BCUT2D eigenvalue weighted by Gasteiger charge is -2.33. The number of nitrogens with zero attached hydrogens (tertiary/aromatic N) is 2. The van der Waals surface area contributed by atoms with Crippen molar-refractivity contribution in [3.8, 4) is 11.5 Å².